The van der Waals surface area contributed by atoms with Crippen molar-refractivity contribution in [3.05, 3.63) is 42.2 Å². The summed E-state index contributed by atoms with van der Waals surface area (Å²) in [5, 5.41) is 16.1. The Morgan fingerprint density at radius 3 is 3.00 bits per heavy atom. The molecule has 0 aliphatic rings. The van der Waals surface area contributed by atoms with Gasteiger partial charge in [-0.05, 0) is 31.5 Å². The van der Waals surface area contributed by atoms with Gasteiger partial charge in [-0.25, -0.2) is 0 Å². The van der Waals surface area contributed by atoms with E-state index in [1.807, 2.05) is 47.4 Å². The van der Waals surface area contributed by atoms with Crippen molar-refractivity contribution >= 4 is 5.69 Å². The van der Waals surface area contributed by atoms with Crippen molar-refractivity contribution in [1.82, 2.24) is 9.78 Å². The molecule has 0 spiro atoms. The summed E-state index contributed by atoms with van der Waals surface area (Å²) < 4.78 is 7.19. The van der Waals surface area contributed by atoms with E-state index in [9.17, 15) is 0 Å². The Morgan fingerprint density at radius 1 is 1.45 bits per heavy atom. The topological polar surface area (TPSA) is 62.9 Å². The number of benzene rings is 1. The first-order chi connectivity index (χ1) is 9.69. The van der Waals surface area contributed by atoms with Crippen molar-refractivity contribution < 1.29 is 4.74 Å². The molecule has 0 bridgehead atoms. The quantitative estimate of drug-likeness (QED) is 0.876. The number of hydrogen-bond donors (Lipinski definition) is 1. The highest BCUT2D eigenvalue weighted by molar-refractivity contribution is 5.40. The highest BCUT2D eigenvalue weighted by Crippen LogP contribution is 2.15. The average molecular weight is 270 g/mol. The Hall–Kier alpha value is -2.48. The van der Waals surface area contributed by atoms with Crippen LogP contribution >= 0.6 is 0 Å². The van der Waals surface area contributed by atoms with Gasteiger partial charge in [-0.15, -0.1) is 0 Å². The fourth-order valence-corrected chi connectivity index (χ4v) is 1.78. The SMILES string of the molecule is CC(C)n1cc(NCc2cccc(OCC#N)c2)cn1. The van der Waals surface area contributed by atoms with Crippen LogP contribution in [0.25, 0.3) is 0 Å². The normalized spacial score (nSPS) is 10.3. The van der Waals surface area contributed by atoms with Crippen LogP contribution in [0.3, 0.4) is 0 Å². The second-order valence-corrected chi connectivity index (χ2v) is 4.75. The van der Waals surface area contributed by atoms with E-state index in [0.29, 0.717) is 18.3 Å². The maximum absolute atomic E-state index is 8.50. The first-order valence-electron chi connectivity index (χ1n) is 6.56. The van der Waals surface area contributed by atoms with Gasteiger partial charge in [0.05, 0.1) is 11.9 Å². The number of nitrogens with one attached hydrogen (secondary N) is 1. The van der Waals surface area contributed by atoms with Crippen LogP contribution in [-0.4, -0.2) is 16.4 Å². The van der Waals surface area contributed by atoms with Crippen molar-refractivity contribution in [1.29, 1.82) is 5.26 Å². The number of nitriles is 1. The number of aromatic nitrogens is 2. The number of ether oxygens (including phenoxy) is 1. The Bertz CT molecular complexity index is 598. The minimum atomic E-state index is 0.0675. The summed E-state index contributed by atoms with van der Waals surface area (Å²) in [4.78, 5) is 0. The van der Waals surface area contributed by atoms with Crippen LogP contribution in [0.2, 0.25) is 0 Å². The number of nitrogens with zero attached hydrogens (tertiary/aromatic N) is 3. The minimum absolute atomic E-state index is 0.0675. The van der Waals surface area contributed by atoms with Gasteiger partial charge < -0.3 is 10.1 Å². The minimum Gasteiger partial charge on any atom is -0.479 e. The van der Waals surface area contributed by atoms with E-state index in [2.05, 4.69) is 24.3 Å². The molecule has 2 aromatic rings. The summed E-state index contributed by atoms with van der Waals surface area (Å²) in [5.41, 5.74) is 2.08. The first-order valence-corrected chi connectivity index (χ1v) is 6.56. The van der Waals surface area contributed by atoms with Crippen molar-refractivity contribution in [3.8, 4) is 11.8 Å². The zero-order valence-electron chi connectivity index (χ0n) is 11.7. The largest absolute Gasteiger partial charge is 0.479 e. The maximum Gasteiger partial charge on any atom is 0.174 e. The fraction of sp³-hybridized carbons (Fsp3) is 0.333. The molecule has 1 aromatic heterocycles. The smallest absolute Gasteiger partial charge is 0.174 e. The third kappa shape index (κ3) is 3.75. The molecule has 1 N–H and O–H groups in total. The lowest BCUT2D eigenvalue weighted by Crippen LogP contribution is -2.01. The third-order valence-corrected chi connectivity index (χ3v) is 2.83. The molecule has 2 rings (SSSR count). The Kier molecular flexibility index (Phi) is 4.61. The molecule has 1 aromatic carbocycles. The van der Waals surface area contributed by atoms with E-state index in [-0.39, 0.29) is 6.61 Å². The molecule has 0 radical (unpaired) electrons. The lowest BCUT2D eigenvalue weighted by Gasteiger charge is -2.07. The summed E-state index contributed by atoms with van der Waals surface area (Å²) in [6.45, 7) is 4.94. The van der Waals surface area contributed by atoms with Crippen LogP contribution < -0.4 is 10.1 Å². The van der Waals surface area contributed by atoms with Gasteiger partial charge in [0.1, 0.15) is 11.8 Å². The summed E-state index contributed by atoms with van der Waals surface area (Å²) in [7, 11) is 0. The van der Waals surface area contributed by atoms with Gasteiger partial charge in [0.15, 0.2) is 6.61 Å². The zero-order valence-corrected chi connectivity index (χ0v) is 11.7. The molecule has 0 atom stereocenters. The van der Waals surface area contributed by atoms with Crippen molar-refractivity contribution in [2.24, 2.45) is 0 Å². The van der Waals surface area contributed by atoms with E-state index in [4.69, 9.17) is 10.00 Å². The summed E-state index contributed by atoms with van der Waals surface area (Å²) in [5.74, 6) is 0.712. The van der Waals surface area contributed by atoms with Crippen molar-refractivity contribution in [2.45, 2.75) is 26.4 Å². The monoisotopic (exact) mass is 270 g/mol. The molecule has 0 fully saturated rings. The Balaban J connectivity index is 1.94. The van der Waals surface area contributed by atoms with Gasteiger partial charge in [0, 0.05) is 18.8 Å². The molecule has 0 aliphatic carbocycles. The van der Waals surface area contributed by atoms with Crippen LogP contribution in [0.1, 0.15) is 25.5 Å². The standard InChI is InChI=1S/C15H18N4O/c1-12(2)19-11-14(10-18-19)17-9-13-4-3-5-15(8-13)20-7-6-16/h3-5,8,10-12,17H,7,9H2,1-2H3. The predicted octanol–water partition coefficient (Wildman–Crippen LogP) is 2.98. The van der Waals surface area contributed by atoms with Crippen LogP contribution in [0.4, 0.5) is 5.69 Å². The van der Waals surface area contributed by atoms with Gasteiger partial charge in [-0.1, -0.05) is 12.1 Å². The van der Waals surface area contributed by atoms with E-state index < -0.39 is 0 Å². The summed E-state index contributed by atoms with van der Waals surface area (Å²) in [6.07, 6.45) is 3.80. The van der Waals surface area contributed by atoms with Crippen molar-refractivity contribution in [2.75, 3.05) is 11.9 Å². The fourth-order valence-electron chi connectivity index (χ4n) is 1.78. The van der Waals surface area contributed by atoms with Gasteiger partial charge in [0.2, 0.25) is 0 Å². The molecule has 0 unspecified atom stereocenters. The molecular formula is C15H18N4O. The molecular weight excluding hydrogens is 252 g/mol. The molecule has 0 saturated carbocycles. The molecule has 20 heavy (non-hydrogen) atoms. The highest BCUT2D eigenvalue weighted by Gasteiger charge is 2.02. The van der Waals surface area contributed by atoms with E-state index in [1.54, 1.807) is 0 Å². The van der Waals surface area contributed by atoms with Gasteiger partial charge >= 0.3 is 0 Å². The van der Waals surface area contributed by atoms with Gasteiger partial charge in [-0.2, -0.15) is 10.4 Å². The predicted molar refractivity (Wildman–Crippen MR) is 77.5 cm³/mol. The molecule has 5 heteroatoms. The van der Waals surface area contributed by atoms with Crippen LogP contribution in [0, 0.1) is 11.3 Å². The number of anilines is 1. The highest BCUT2D eigenvalue weighted by atomic mass is 16.5. The lowest BCUT2D eigenvalue weighted by atomic mass is 10.2. The molecule has 0 saturated heterocycles. The molecule has 0 aliphatic heterocycles. The zero-order chi connectivity index (χ0) is 14.4. The average Bonchev–Trinajstić information content (AvgIpc) is 2.92. The van der Waals surface area contributed by atoms with Gasteiger partial charge in [-0.3, -0.25) is 4.68 Å². The first kappa shape index (κ1) is 13.9. The summed E-state index contributed by atoms with van der Waals surface area (Å²) in [6, 6.07) is 10.0. The van der Waals surface area contributed by atoms with Crippen molar-refractivity contribution in [3.63, 3.8) is 0 Å². The molecule has 1 heterocycles. The molecule has 104 valence electrons. The van der Waals surface area contributed by atoms with Crippen LogP contribution in [0.5, 0.6) is 5.75 Å². The van der Waals surface area contributed by atoms with E-state index >= 15 is 0 Å². The Morgan fingerprint density at radius 2 is 2.30 bits per heavy atom. The second-order valence-electron chi connectivity index (χ2n) is 4.75. The van der Waals surface area contributed by atoms with E-state index in [1.165, 1.54) is 0 Å². The van der Waals surface area contributed by atoms with E-state index in [0.717, 1.165) is 11.3 Å². The number of rotatable bonds is 6. The summed E-state index contributed by atoms with van der Waals surface area (Å²) >= 11 is 0. The second kappa shape index (κ2) is 6.62. The third-order valence-electron chi connectivity index (χ3n) is 2.83. The van der Waals surface area contributed by atoms with Gasteiger partial charge in [0.25, 0.3) is 0 Å². The maximum atomic E-state index is 8.50. The molecule has 5 nitrogen and oxygen atoms in total. The van der Waals surface area contributed by atoms with Crippen LogP contribution in [-0.2, 0) is 6.54 Å². The lowest BCUT2D eigenvalue weighted by molar-refractivity contribution is 0.368. The molecule has 0 amide bonds. The Labute approximate surface area is 118 Å². The van der Waals surface area contributed by atoms with Crippen LogP contribution in [0.15, 0.2) is 36.7 Å². The number of hydrogen-bond acceptors (Lipinski definition) is 4.